The van der Waals surface area contributed by atoms with Gasteiger partial charge in [-0.2, -0.15) is 0 Å². The number of rotatable bonds is 0. The Bertz CT molecular complexity index is 1640. The molecule has 0 amide bonds. The van der Waals surface area contributed by atoms with Crippen LogP contribution in [0.25, 0.3) is 22.3 Å². The molecule has 0 saturated heterocycles. The number of ether oxygens (including phenoxy) is 2. The Hall–Kier alpha value is -3.75. The van der Waals surface area contributed by atoms with Gasteiger partial charge in [0.05, 0.1) is 5.41 Å². The zero-order valence-corrected chi connectivity index (χ0v) is 20.0. The van der Waals surface area contributed by atoms with Crippen LogP contribution >= 0.6 is 22.6 Å². The summed E-state index contributed by atoms with van der Waals surface area (Å²) in [6, 6.07) is 38.6. The van der Waals surface area contributed by atoms with Gasteiger partial charge in [-0.15, -0.1) is 0 Å². The van der Waals surface area contributed by atoms with Crippen molar-refractivity contribution in [2.45, 2.75) is 5.41 Å². The third-order valence-electron chi connectivity index (χ3n) is 7.26. The second-order valence-electron chi connectivity index (χ2n) is 8.84. The first kappa shape index (κ1) is 18.7. The van der Waals surface area contributed by atoms with Crippen LogP contribution in [-0.2, 0) is 5.41 Å². The molecule has 0 saturated carbocycles. The molecular weight excluding hydrogens is 531 g/mol. The molecule has 0 bridgehead atoms. The molecule has 0 atom stereocenters. The van der Waals surface area contributed by atoms with Gasteiger partial charge < -0.3 is 9.47 Å². The van der Waals surface area contributed by atoms with Crippen molar-refractivity contribution in [2.75, 3.05) is 0 Å². The summed E-state index contributed by atoms with van der Waals surface area (Å²) in [5, 5.41) is 0. The molecule has 158 valence electrons. The van der Waals surface area contributed by atoms with Crippen molar-refractivity contribution in [1.29, 1.82) is 0 Å². The molecule has 0 aromatic heterocycles. The molecule has 0 N–H and O–H groups in total. The first-order valence-electron chi connectivity index (χ1n) is 11.2. The van der Waals surface area contributed by atoms with E-state index in [2.05, 4.69) is 101 Å². The normalized spacial score (nSPS) is 14.5. The third kappa shape index (κ3) is 2.13. The average molecular weight is 546 g/mol. The van der Waals surface area contributed by atoms with E-state index in [9.17, 15) is 0 Å². The summed E-state index contributed by atoms with van der Waals surface area (Å²) in [5.41, 5.74) is 9.15. The molecule has 3 heteroatoms. The van der Waals surface area contributed by atoms with E-state index in [0.717, 1.165) is 43.3 Å². The van der Waals surface area contributed by atoms with Crippen LogP contribution in [-0.4, -0.2) is 0 Å². The molecule has 0 radical (unpaired) electrons. The van der Waals surface area contributed by atoms with Crippen molar-refractivity contribution < 1.29 is 9.47 Å². The van der Waals surface area contributed by atoms with Gasteiger partial charge in [-0.1, -0.05) is 66.7 Å². The number of halogens is 1. The quantitative estimate of drug-likeness (QED) is 0.179. The zero-order chi connectivity index (χ0) is 22.4. The van der Waals surface area contributed by atoms with E-state index in [1.807, 2.05) is 24.3 Å². The van der Waals surface area contributed by atoms with Crippen molar-refractivity contribution in [3.05, 3.63) is 129 Å². The first-order valence-corrected chi connectivity index (χ1v) is 12.3. The highest BCUT2D eigenvalue weighted by Crippen LogP contribution is 2.65. The summed E-state index contributed by atoms with van der Waals surface area (Å²) in [7, 11) is 0. The van der Waals surface area contributed by atoms with Gasteiger partial charge in [-0.05, 0) is 92.4 Å². The lowest BCUT2D eigenvalue weighted by Gasteiger charge is -2.30. The summed E-state index contributed by atoms with van der Waals surface area (Å²) in [6.45, 7) is 0. The number of hydrogen-bond donors (Lipinski definition) is 0. The lowest BCUT2D eigenvalue weighted by atomic mass is 9.71. The van der Waals surface area contributed by atoms with Gasteiger partial charge in [0.2, 0.25) is 0 Å². The van der Waals surface area contributed by atoms with Crippen molar-refractivity contribution in [1.82, 2.24) is 0 Å². The minimum Gasteiger partial charge on any atom is -0.449 e. The maximum absolute atomic E-state index is 6.56. The van der Waals surface area contributed by atoms with Gasteiger partial charge in [-0.3, -0.25) is 0 Å². The van der Waals surface area contributed by atoms with E-state index in [1.54, 1.807) is 0 Å². The number of hydrogen-bond acceptors (Lipinski definition) is 2. The van der Waals surface area contributed by atoms with Crippen LogP contribution in [0.5, 0.6) is 23.0 Å². The van der Waals surface area contributed by atoms with E-state index < -0.39 is 5.41 Å². The minimum atomic E-state index is -0.458. The fraction of sp³-hybridized carbons (Fsp3) is 0.0323. The van der Waals surface area contributed by atoms with E-state index in [1.165, 1.54) is 27.8 Å². The Labute approximate surface area is 210 Å². The highest BCUT2D eigenvalue weighted by atomic mass is 127. The van der Waals surface area contributed by atoms with Crippen LogP contribution in [0.2, 0.25) is 0 Å². The summed E-state index contributed by atoms with van der Waals surface area (Å²) < 4.78 is 14.0. The smallest absolute Gasteiger partial charge is 0.178 e. The fourth-order valence-electron chi connectivity index (χ4n) is 6.02. The molecule has 0 fully saturated rings. The largest absolute Gasteiger partial charge is 0.449 e. The van der Waals surface area contributed by atoms with Crippen molar-refractivity contribution >= 4 is 22.6 Å². The molecule has 2 aliphatic carbocycles. The zero-order valence-electron chi connectivity index (χ0n) is 17.9. The molecule has 34 heavy (non-hydrogen) atoms. The standard InChI is InChI=1S/C31H15IO2/c32-18-13-15-26-28(17-18)33-27-16-14-25-29(30(27)34-26)21-9-3-6-12-24(21)31(25)22-10-4-1-7-19(22)20-8-2-5-11-23(20)31/h1-5,7-11,13-17H. The van der Waals surface area contributed by atoms with Crippen molar-refractivity contribution in [3.63, 3.8) is 0 Å². The van der Waals surface area contributed by atoms with E-state index >= 15 is 0 Å². The fourth-order valence-corrected chi connectivity index (χ4v) is 6.49. The average Bonchev–Trinajstić information content (AvgIpc) is 3.35. The molecule has 5 aromatic rings. The topological polar surface area (TPSA) is 18.5 Å². The lowest BCUT2D eigenvalue weighted by molar-refractivity contribution is 0.360. The maximum atomic E-state index is 6.56. The molecule has 1 spiro atoms. The maximum Gasteiger partial charge on any atom is 0.178 e. The van der Waals surface area contributed by atoms with Crippen LogP contribution in [0.3, 0.4) is 0 Å². The van der Waals surface area contributed by atoms with Gasteiger partial charge in [0.1, 0.15) is 0 Å². The first-order chi connectivity index (χ1) is 16.8. The minimum absolute atomic E-state index is 0.458. The molecule has 1 heterocycles. The van der Waals surface area contributed by atoms with Crippen LogP contribution in [0.1, 0.15) is 22.3 Å². The predicted octanol–water partition coefficient (Wildman–Crippen LogP) is 8.13. The predicted molar refractivity (Wildman–Crippen MR) is 140 cm³/mol. The van der Waals surface area contributed by atoms with Crippen LogP contribution < -0.4 is 9.47 Å². The molecule has 0 unspecified atom stereocenters. The van der Waals surface area contributed by atoms with Crippen LogP contribution in [0.4, 0.5) is 0 Å². The number of benzene rings is 4. The highest BCUT2D eigenvalue weighted by Gasteiger charge is 2.53. The van der Waals surface area contributed by atoms with Gasteiger partial charge in [0, 0.05) is 14.7 Å². The number of fused-ring (bicyclic) bond motifs is 13. The van der Waals surface area contributed by atoms with Gasteiger partial charge >= 0.3 is 0 Å². The van der Waals surface area contributed by atoms with Crippen LogP contribution in [0.15, 0.2) is 91.0 Å². The van der Waals surface area contributed by atoms with E-state index in [4.69, 9.17) is 9.47 Å². The molecule has 1 aliphatic heterocycles. The second-order valence-corrected chi connectivity index (χ2v) is 10.1. The Morgan fingerprint density at radius 1 is 0.647 bits per heavy atom. The monoisotopic (exact) mass is 546 g/mol. The second kappa shape index (κ2) is 6.43. The Morgan fingerprint density at radius 2 is 1.38 bits per heavy atom. The summed E-state index contributed by atoms with van der Waals surface area (Å²) >= 11 is 2.29. The highest BCUT2D eigenvalue weighted by molar-refractivity contribution is 14.1. The van der Waals surface area contributed by atoms with Gasteiger partial charge in [0.25, 0.3) is 0 Å². The van der Waals surface area contributed by atoms with Crippen LogP contribution in [0, 0.1) is 15.7 Å². The Balaban J connectivity index is 1.49. The molecule has 8 rings (SSSR count). The van der Waals surface area contributed by atoms with Gasteiger partial charge in [-0.25, -0.2) is 0 Å². The lowest BCUT2D eigenvalue weighted by Crippen LogP contribution is -2.25. The summed E-state index contributed by atoms with van der Waals surface area (Å²) in [6.07, 6.45) is 0. The van der Waals surface area contributed by atoms with Crippen molar-refractivity contribution in [3.8, 4) is 45.3 Å². The molecule has 3 aliphatic rings. The summed E-state index contributed by atoms with van der Waals surface area (Å²) in [4.78, 5) is 0. The van der Waals surface area contributed by atoms with E-state index in [-0.39, 0.29) is 0 Å². The third-order valence-corrected chi connectivity index (χ3v) is 7.93. The summed E-state index contributed by atoms with van der Waals surface area (Å²) in [5.74, 6) is 2.99. The van der Waals surface area contributed by atoms with Gasteiger partial charge in [0.15, 0.2) is 23.0 Å². The Kier molecular flexibility index (Phi) is 3.53. The molecule has 2 nitrogen and oxygen atoms in total. The van der Waals surface area contributed by atoms with E-state index in [0.29, 0.717) is 0 Å². The molecular formula is C31H15IO2. The SMILES string of the molecule is Ic1ccc2c(c1)Oc1ccc3c(c1O2)-c1ccc#cc1C31c2ccccc2-c2ccccc21. The Morgan fingerprint density at radius 3 is 2.18 bits per heavy atom. The van der Waals surface area contributed by atoms with Crippen molar-refractivity contribution in [2.24, 2.45) is 0 Å². The molecule has 5 aromatic carbocycles.